The molecule has 76 valence electrons. The van der Waals surface area contributed by atoms with Crippen molar-refractivity contribution >= 4 is 33.2 Å². The lowest BCUT2D eigenvalue weighted by molar-refractivity contribution is -0.117. The van der Waals surface area contributed by atoms with Crippen LogP contribution in [0.2, 0.25) is 0 Å². The molecule has 5 N–H and O–H groups in total. The van der Waals surface area contributed by atoms with Gasteiger partial charge in [0.15, 0.2) is 0 Å². The molecule has 0 aliphatic rings. The smallest absolute Gasteiger partial charge is 0.219 e. The molecule has 1 aromatic rings. The van der Waals surface area contributed by atoms with E-state index in [2.05, 4.69) is 21.2 Å². The molecule has 0 fully saturated rings. The van der Waals surface area contributed by atoms with Gasteiger partial charge in [-0.25, -0.2) is 0 Å². The minimum Gasteiger partial charge on any atom is -0.399 e. The number of nitrogens with one attached hydrogen (secondary N) is 1. The second-order valence-electron chi connectivity index (χ2n) is 2.88. The molecule has 0 aromatic heterocycles. The molecule has 0 radical (unpaired) electrons. The van der Waals surface area contributed by atoms with Crippen LogP contribution in [0.4, 0.5) is 11.4 Å². The Kier molecular flexibility index (Phi) is 3.76. The normalized spacial score (nSPS) is 9.79. The molecule has 5 heteroatoms. The number of carbonyl (C=O) groups excluding carboxylic acids is 1. The van der Waals surface area contributed by atoms with Crippen LogP contribution in [0.1, 0.15) is 6.42 Å². The predicted octanol–water partition coefficient (Wildman–Crippen LogP) is 1.32. The summed E-state index contributed by atoms with van der Waals surface area (Å²) in [7, 11) is 0. The average molecular weight is 258 g/mol. The zero-order chi connectivity index (χ0) is 10.6. The molecule has 1 rings (SSSR count). The first-order valence-corrected chi connectivity index (χ1v) is 4.96. The Morgan fingerprint density at radius 1 is 1.50 bits per heavy atom. The van der Waals surface area contributed by atoms with E-state index < -0.39 is 0 Å². The van der Waals surface area contributed by atoms with Crippen LogP contribution < -0.4 is 16.8 Å². The van der Waals surface area contributed by atoms with Crippen molar-refractivity contribution in [2.75, 3.05) is 17.6 Å². The molecular weight excluding hydrogens is 246 g/mol. The van der Waals surface area contributed by atoms with Crippen LogP contribution in [-0.2, 0) is 4.79 Å². The fourth-order valence-corrected chi connectivity index (χ4v) is 1.53. The quantitative estimate of drug-likeness (QED) is 0.712. The fourth-order valence-electron chi connectivity index (χ4n) is 0.995. The predicted molar refractivity (Wildman–Crippen MR) is 60.9 cm³/mol. The van der Waals surface area contributed by atoms with E-state index in [1.807, 2.05) is 6.07 Å². The van der Waals surface area contributed by atoms with Gasteiger partial charge in [-0.05, 0) is 34.1 Å². The Morgan fingerprint density at radius 3 is 2.79 bits per heavy atom. The first kappa shape index (κ1) is 10.8. The second-order valence-corrected chi connectivity index (χ2v) is 3.74. The number of nitrogens with two attached hydrogens (primary N) is 2. The van der Waals surface area contributed by atoms with Crippen LogP contribution in [0.25, 0.3) is 0 Å². The van der Waals surface area contributed by atoms with Gasteiger partial charge in [0, 0.05) is 28.8 Å². The summed E-state index contributed by atoms with van der Waals surface area (Å²) in [5, 5.41) is 3.07. The van der Waals surface area contributed by atoms with Gasteiger partial charge in [-0.3, -0.25) is 4.79 Å². The third-order valence-electron chi connectivity index (χ3n) is 1.68. The highest BCUT2D eigenvalue weighted by Crippen LogP contribution is 2.24. The summed E-state index contributed by atoms with van der Waals surface area (Å²) in [5.41, 5.74) is 12.2. The van der Waals surface area contributed by atoms with Gasteiger partial charge < -0.3 is 16.8 Å². The van der Waals surface area contributed by atoms with Crippen molar-refractivity contribution in [3.8, 4) is 0 Å². The summed E-state index contributed by atoms with van der Waals surface area (Å²) >= 11 is 3.36. The third-order valence-corrected chi connectivity index (χ3v) is 2.34. The maximum atomic E-state index is 10.5. The number of amides is 1. The van der Waals surface area contributed by atoms with Crippen molar-refractivity contribution in [3.05, 3.63) is 22.7 Å². The minimum absolute atomic E-state index is 0.316. The van der Waals surface area contributed by atoms with E-state index >= 15 is 0 Å². The van der Waals surface area contributed by atoms with Crippen molar-refractivity contribution in [2.45, 2.75) is 6.42 Å². The van der Waals surface area contributed by atoms with Crippen molar-refractivity contribution < 1.29 is 4.79 Å². The van der Waals surface area contributed by atoms with E-state index in [-0.39, 0.29) is 5.91 Å². The van der Waals surface area contributed by atoms with E-state index in [9.17, 15) is 4.79 Å². The van der Waals surface area contributed by atoms with Crippen LogP contribution in [0.15, 0.2) is 22.7 Å². The lowest BCUT2D eigenvalue weighted by atomic mass is 10.3. The Hall–Kier alpha value is -1.23. The molecular formula is C9H12BrN3O. The summed E-state index contributed by atoms with van der Waals surface area (Å²) in [6.07, 6.45) is 0.316. The van der Waals surface area contributed by atoms with Crippen LogP contribution in [0, 0.1) is 0 Å². The molecule has 0 aliphatic carbocycles. The molecule has 14 heavy (non-hydrogen) atoms. The van der Waals surface area contributed by atoms with Crippen LogP contribution in [0.5, 0.6) is 0 Å². The monoisotopic (exact) mass is 257 g/mol. The Morgan fingerprint density at radius 2 is 2.21 bits per heavy atom. The lowest BCUT2D eigenvalue weighted by Gasteiger charge is -2.07. The Balaban J connectivity index is 2.55. The number of primary amides is 1. The van der Waals surface area contributed by atoms with Crippen molar-refractivity contribution in [2.24, 2.45) is 5.73 Å². The van der Waals surface area contributed by atoms with Crippen LogP contribution in [-0.4, -0.2) is 12.5 Å². The van der Waals surface area contributed by atoms with Crippen molar-refractivity contribution in [1.29, 1.82) is 0 Å². The molecule has 0 bridgehead atoms. The molecule has 0 saturated heterocycles. The largest absolute Gasteiger partial charge is 0.399 e. The maximum Gasteiger partial charge on any atom is 0.219 e. The molecule has 0 atom stereocenters. The highest BCUT2D eigenvalue weighted by Gasteiger charge is 2.00. The number of halogens is 1. The van der Waals surface area contributed by atoms with Crippen LogP contribution >= 0.6 is 15.9 Å². The summed E-state index contributed by atoms with van der Waals surface area (Å²) in [6, 6.07) is 5.43. The molecule has 0 aliphatic heterocycles. The molecule has 0 spiro atoms. The highest BCUT2D eigenvalue weighted by molar-refractivity contribution is 9.10. The zero-order valence-electron chi connectivity index (χ0n) is 7.59. The molecule has 0 saturated carbocycles. The topological polar surface area (TPSA) is 81.1 Å². The van der Waals surface area contributed by atoms with Gasteiger partial charge in [0.05, 0.1) is 0 Å². The number of nitrogen functional groups attached to an aromatic ring is 1. The van der Waals surface area contributed by atoms with Gasteiger partial charge >= 0.3 is 0 Å². The van der Waals surface area contributed by atoms with E-state index in [0.717, 1.165) is 10.2 Å². The second kappa shape index (κ2) is 4.85. The van der Waals surface area contributed by atoms with Crippen molar-refractivity contribution in [1.82, 2.24) is 0 Å². The highest BCUT2D eigenvalue weighted by atomic mass is 79.9. The maximum absolute atomic E-state index is 10.5. The van der Waals surface area contributed by atoms with Gasteiger partial charge in [-0.1, -0.05) is 0 Å². The average Bonchev–Trinajstić information content (AvgIpc) is 2.08. The number of hydrogen-bond donors (Lipinski definition) is 3. The molecule has 4 nitrogen and oxygen atoms in total. The number of rotatable bonds is 4. The number of anilines is 2. The summed E-state index contributed by atoms with van der Waals surface area (Å²) in [6.45, 7) is 0.526. The van der Waals surface area contributed by atoms with Gasteiger partial charge in [0.2, 0.25) is 5.91 Å². The minimum atomic E-state index is -0.316. The zero-order valence-corrected chi connectivity index (χ0v) is 9.17. The van der Waals surface area contributed by atoms with Gasteiger partial charge in [-0.15, -0.1) is 0 Å². The molecule has 1 amide bonds. The molecule has 1 aromatic carbocycles. The summed E-state index contributed by atoms with van der Waals surface area (Å²) in [5.74, 6) is -0.316. The Bertz CT molecular complexity index is 341. The molecule has 0 heterocycles. The first-order chi connectivity index (χ1) is 6.59. The summed E-state index contributed by atoms with van der Waals surface area (Å²) < 4.78 is 0.877. The molecule has 0 unspecified atom stereocenters. The SMILES string of the molecule is NC(=O)CCNc1ccc(N)cc1Br. The fraction of sp³-hybridized carbons (Fsp3) is 0.222. The van der Waals surface area contributed by atoms with E-state index in [0.29, 0.717) is 18.7 Å². The number of benzene rings is 1. The van der Waals surface area contributed by atoms with E-state index in [1.54, 1.807) is 12.1 Å². The summed E-state index contributed by atoms with van der Waals surface area (Å²) in [4.78, 5) is 10.5. The van der Waals surface area contributed by atoms with E-state index in [4.69, 9.17) is 11.5 Å². The van der Waals surface area contributed by atoms with Gasteiger partial charge in [0.1, 0.15) is 0 Å². The van der Waals surface area contributed by atoms with Gasteiger partial charge in [-0.2, -0.15) is 0 Å². The first-order valence-electron chi connectivity index (χ1n) is 4.17. The number of hydrogen-bond acceptors (Lipinski definition) is 3. The third kappa shape index (κ3) is 3.26. The number of carbonyl (C=O) groups is 1. The van der Waals surface area contributed by atoms with E-state index in [1.165, 1.54) is 0 Å². The lowest BCUT2D eigenvalue weighted by Crippen LogP contribution is -2.15. The van der Waals surface area contributed by atoms with Crippen molar-refractivity contribution in [3.63, 3.8) is 0 Å². The standard InChI is InChI=1S/C9H12BrN3O/c10-7-5-6(11)1-2-8(7)13-4-3-9(12)14/h1-2,5,13H,3-4,11H2,(H2,12,14). The van der Waals surface area contributed by atoms with Gasteiger partial charge in [0.25, 0.3) is 0 Å². The van der Waals surface area contributed by atoms with Crippen LogP contribution in [0.3, 0.4) is 0 Å². The Labute approximate surface area is 90.8 Å².